The van der Waals surface area contributed by atoms with E-state index < -0.39 is 11.9 Å². The summed E-state index contributed by atoms with van der Waals surface area (Å²) >= 11 is 0. The summed E-state index contributed by atoms with van der Waals surface area (Å²) in [6, 6.07) is 8.93. The molecule has 1 aliphatic heterocycles. The Balaban J connectivity index is 1.67. The molecule has 7 nitrogen and oxygen atoms in total. The van der Waals surface area contributed by atoms with Gasteiger partial charge in [-0.1, -0.05) is 18.2 Å². The highest BCUT2D eigenvalue weighted by Gasteiger charge is 2.27. The molecule has 1 aliphatic rings. The number of benzene rings is 1. The number of rotatable bonds is 4. The Kier molecular flexibility index (Phi) is 5.16. The molecular weight excluding hydrogens is 334 g/mol. The number of likely N-dealkylation sites (tertiary alicyclic amines) is 1. The number of nitrogens with two attached hydrogens (primary N) is 1. The molecule has 2 amide bonds. The fourth-order valence-electron chi connectivity index (χ4n) is 3.21. The Labute approximate surface area is 151 Å². The average molecular weight is 355 g/mol. The molecule has 0 unspecified atom stereocenters. The number of pyridine rings is 1. The van der Waals surface area contributed by atoms with E-state index in [1.165, 1.54) is 4.90 Å². The molecule has 2 N–H and O–H groups in total. The lowest BCUT2D eigenvalue weighted by atomic mass is 9.97. The van der Waals surface area contributed by atoms with Crippen LogP contribution >= 0.6 is 0 Å². The van der Waals surface area contributed by atoms with Crippen molar-refractivity contribution in [1.82, 2.24) is 9.88 Å². The average Bonchev–Trinajstić information content (AvgIpc) is 2.65. The van der Waals surface area contributed by atoms with Gasteiger partial charge in [-0.05, 0) is 31.9 Å². The predicted molar refractivity (Wildman–Crippen MR) is 95.3 cm³/mol. The van der Waals surface area contributed by atoms with Gasteiger partial charge in [0.1, 0.15) is 0 Å². The first kappa shape index (κ1) is 17.8. The van der Waals surface area contributed by atoms with Gasteiger partial charge in [-0.2, -0.15) is 0 Å². The van der Waals surface area contributed by atoms with Crippen molar-refractivity contribution in [3.8, 4) is 0 Å². The quantitative estimate of drug-likeness (QED) is 0.836. The number of esters is 1. The monoisotopic (exact) mass is 355 g/mol. The Morgan fingerprint density at radius 1 is 1.31 bits per heavy atom. The zero-order valence-corrected chi connectivity index (χ0v) is 14.6. The summed E-state index contributed by atoms with van der Waals surface area (Å²) in [6.07, 6.45) is 1.39. The summed E-state index contributed by atoms with van der Waals surface area (Å²) in [5.74, 6) is -1.63. The second kappa shape index (κ2) is 7.51. The van der Waals surface area contributed by atoms with Gasteiger partial charge in [0.15, 0.2) is 6.61 Å². The minimum atomic E-state index is -0.566. The minimum Gasteiger partial charge on any atom is -0.452 e. The van der Waals surface area contributed by atoms with Gasteiger partial charge in [0, 0.05) is 24.2 Å². The van der Waals surface area contributed by atoms with E-state index in [9.17, 15) is 14.4 Å². The maximum Gasteiger partial charge on any atom is 0.339 e. The van der Waals surface area contributed by atoms with Gasteiger partial charge < -0.3 is 15.4 Å². The van der Waals surface area contributed by atoms with E-state index in [4.69, 9.17) is 10.5 Å². The van der Waals surface area contributed by atoms with Crippen molar-refractivity contribution >= 4 is 28.7 Å². The highest BCUT2D eigenvalue weighted by atomic mass is 16.5. The third-order valence-electron chi connectivity index (χ3n) is 4.57. The summed E-state index contributed by atoms with van der Waals surface area (Å²) in [4.78, 5) is 42.0. The molecule has 26 heavy (non-hydrogen) atoms. The number of aromatic nitrogens is 1. The minimum absolute atomic E-state index is 0.281. The van der Waals surface area contributed by atoms with Gasteiger partial charge >= 0.3 is 5.97 Å². The number of carbonyl (C=O) groups is 3. The van der Waals surface area contributed by atoms with Crippen molar-refractivity contribution in [3.05, 3.63) is 41.6 Å². The molecule has 136 valence electrons. The van der Waals surface area contributed by atoms with Crippen molar-refractivity contribution in [3.63, 3.8) is 0 Å². The van der Waals surface area contributed by atoms with Crippen molar-refractivity contribution in [2.24, 2.45) is 11.7 Å². The summed E-state index contributed by atoms with van der Waals surface area (Å²) < 4.78 is 5.23. The molecule has 1 fully saturated rings. The molecular formula is C19H21N3O4. The molecule has 0 radical (unpaired) electrons. The number of para-hydroxylation sites is 1. The van der Waals surface area contributed by atoms with Gasteiger partial charge in [-0.3, -0.25) is 14.6 Å². The highest BCUT2D eigenvalue weighted by Crippen LogP contribution is 2.20. The van der Waals surface area contributed by atoms with Crippen molar-refractivity contribution in [1.29, 1.82) is 0 Å². The molecule has 7 heteroatoms. The second-order valence-electron chi connectivity index (χ2n) is 6.49. The van der Waals surface area contributed by atoms with Crippen LogP contribution in [0.4, 0.5) is 0 Å². The third kappa shape index (κ3) is 3.82. The number of fused-ring (bicyclic) bond motifs is 1. The number of primary amides is 1. The van der Waals surface area contributed by atoms with Crippen LogP contribution in [-0.2, 0) is 14.3 Å². The van der Waals surface area contributed by atoms with Crippen LogP contribution in [0.5, 0.6) is 0 Å². The molecule has 1 aromatic carbocycles. The lowest BCUT2D eigenvalue weighted by molar-refractivity contribution is -0.137. The topological polar surface area (TPSA) is 103 Å². The van der Waals surface area contributed by atoms with E-state index in [0.29, 0.717) is 41.5 Å². The number of hydrogen-bond acceptors (Lipinski definition) is 5. The van der Waals surface area contributed by atoms with Crippen LogP contribution in [0.1, 0.15) is 28.9 Å². The standard InChI is InChI=1S/C19H21N3O4/c1-12-9-15(14-6-2-3-7-16(14)21-12)19(25)26-11-17(23)22-8-4-5-13(10-22)18(20)24/h2-3,6-7,9,13H,4-5,8,10-11H2,1H3,(H2,20,24)/t13-/m0/s1. The molecule has 1 aromatic heterocycles. The maximum atomic E-state index is 12.5. The van der Waals surface area contributed by atoms with Crippen molar-refractivity contribution < 1.29 is 19.1 Å². The first-order valence-corrected chi connectivity index (χ1v) is 8.56. The Bertz CT molecular complexity index is 865. The van der Waals surface area contributed by atoms with Crippen LogP contribution < -0.4 is 5.73 Å². The van der Waals surface area contributed by atoms with E-state index in [1.807, 2.05) is 18.2 Å². The Morgan fingerprint density at radius 3 is 2.85 bits per heavy atom. The predicted octanol–water partition coefficient (Wildman–Crippen LogP) is 1.42. The lowest BCUT2D eigenvalue weighted by Crippen LogP contribution is -2.45. The number of nitrogens with zero attached hydrogens (tertiary/aromatic N) is 2. The summed E-state index contributed by atoms with van der Waals surface area (Å²) in [5.41, 5.74) is 7.11. The maximum absolute atomic E-state index is 12.5. The summed E-state index contributed by atoms with van der Waals surface area (Å²) in [6.45, 7) is 2.26. The second-order valence-corrected chi connectivity index (χ2v) is 6.49. The molecule has 0 saturated carbocycles. The third-order valence-corrected chi connectivity index (χ3v) is 4.57. The molecule has 2 heterocycles. The van der Waals surface area contributed by atoms with Crippen molar-refractivity contribution in [2.75, 3.05) is 19.7 Å². The Hall–Kier alpha value is -2.96. The summed E-state index contributed by atoms with van der Waals surface area (Å²) in [5, 5.41) is 0.683. The molecule has 0 spiro atoms. The SMILES string of the molecule is Cc1cc(C(=O)OCC(=O)N2CCC[C@H](C(N)=O)C2)c2ccccc2n1. The van der Waals surface area contributed by atoms with E-state index in [2.05, 4.69) is 4.98 Å². The van der Waals surface area contributed by atoms with E-state index in [0.717, 1.165) is 0 Å². The first-order chi connectivity index (χ1) is 12.5. The number of ether oxygens (including phenoxy) is 1. The molecule has 1 atom stereocenters. The number of piperidine rings is 1. The zero-order chi connectivity index (χ0) is 18.7. The van der Waals surface area contributed by atoms with Gasteiger partial charge in [0.25, 0.3) is 5.91 Å². The highest BCUT2D eigenvalue weighted by molar-refractivity contribution is 6.04. The number of carbonyl (C=O) groups excluding carboxylic acids is 3. The van der Waals surface area contributed by atoms with Gasteiger partial charge in [-0.25, -0.2) is 4.79 Å². The van der Waals surface area contributed by atoms with E-state index in [-0.39, 0.29) is 25.0 Å². The van der Waals surface area contributed by atoms with E-state index in [1.54, 1.807) is 19.1 Å². The van der Waals surface area contributed by atoms with Gasteiger partial charge in [-0.15, -0.1) is 0 Å². The van der Waals surface area contributed by atoms with Crippen LogP contribution in [-0.4, -0.2) is 47.4 Å². The number of hydrogen-bond donors (Lipinski definition) is 1. The normalized spacial score (nSPS) is 17.1. The molecule has 0 aliphatic carbocycles. The smallest absolute Gasteiger partial charge is 0.339 e. The number of aryl methyl sites for hydroxylation is 1. The first-order valence-electron chi connectivity index (χ1n) is 8.56. The molecule has 0 bridgehead atoms. The van der Waals surface area contributed by atoms with Crippen LogP contribution in [0, 0.1) is 12.8 Å². The van der Waals surface area contributed by atoms with Gasteiger partial charge in [0.2, 0.25) is 5.91 Å². The van der Waals surface area contributed by atoms with Crippen LogP contribution in [0.3, 0.4) is 0 Å². The number of amides is 2. The Morgan fingerprint density at radius 2 is 2.08 bits per heavy atom. The van der Waals surface area contributed by atoms with Crippen LogP contribution in [0.15, 0.2) is 30.3 Å². The largest absolute Gasteiger partial charge is 0.452 e. The summed E-state index contributed by atoms with van der Waals surface area (Å²) in [7, 11) is 0. The molecule has 1 saturated heterocycles. The molecule has 3 rings (SSSR count). The fourth-order valence-corrected chi connectivity index (χ4v) is 3.21. The fraction of sp³-hybridized carbons (Fsp3) is 0.368. The zero-order valence-electron chi connectivity index (χ0n) is 14.6. The van der Waals surface area contributed by atoms with E-state index >= 15 is 0 Å². The lowest BCUT2D eigenvalue weighted by Gasteiger charge is -2.31. The van der Waals surface area contributed by atoms with Crippen LogP contribution in [0.2, 0.25) is 0 Å². The van der Waals surface area contributed by atoms with Gasteiger partial charge in [0.05, 0.1) is 17.0 Å². The molecule has 2 aromatic rings. The van der Waals surface area contributed by atoms with Crippen LogP contribution in [0.25, 0.3) is 10.9 Å². The van der Waals surface area contributed by atoms with Crippen molar-refractivity contribution in [2.45, 2.75) is 19.8 Å².